The summed E-state index contributed by atoms with van der Waals surface area (Å²) in [5.41, 5.74) is 5.48. The van der Waals surface area contributed by atoms with Crippen molar-refractivity contribution in [2.75, 3.05) is 13.2 Å². The van der Waals surface area contributed by atoms with Gasteiger partial charge in [0.25, 0.3) is 0 Å². The maximum Gasteiger partial charge on any atom is 0.333 e. The van der Waals surface area contributed by atoms with E-state index >= 15 is 0 Å². The molecule has 0 heterocycles. The average molecular weight is 229 g/mol. The van der Waals surface area contributed by atoms with Crippen LogP contribution in [0.4, 0.5) is 0 Å². The smallest absolute Gasteiger partial charge is 0.333 e. The van der Waals surface area contributed by atoms with Crippen molar-refractivity contribution >= 4 is 11.9 Å². The predicted molar refractivity (Wildman–Crippen MR) is 61.5 cm³/mol. The molecule has 0 fully saturated rings. The van der Waals surface area contributed by atoms with Gasteiger partial charge in [0, 0.05) is 24.2 Å². The topological polar surface area (TPSA) is 89.6 Å². The van der Waals surface area contributed by atoms with Crippen LogP contribution in [0.25, 0.3) is 0 Å². The number of hydrogen-bond acceptors (Lipinski definition) is 4. The SMILES string of the molecule is C=C(C)C(=O)OCCCO.C=C(C)C(N)=O. The molecule has 0 saturated heterocycles. The Morgan fingerprint density at radius 2 is 1.69 bits per heavy atom. The van der Waals surface area contributed by atoms with Gasteiger partial charge < -0.3 is 15.6 Å². The van der Waals surface area contributed by atoms with Gasteiger partial charge >= 0.3 is 5.97 Å². The van der Waals surface area contributed by atoms with Crippen LogP contribution in [0.1, 0.15) is 20.3 Å². The Hall–Kier alpha value is -1.62. The highest BCUT2D eigenvalue weighted by Crippen LogP contribution is 1.92. The molecule has 16 heavy (non-hydrogen) atoms. The summed E-state index contributed by atoms with van der Waals surface area (Å²) in [6, 6.07) is 0. The van der Waals surface area contributed by atoms with Crippen LogP contribution < -0.4 is 5.73 Å². The molecule has 0 aliphatic rings. The summed E-state index contributed by atoms with van der Waals surface area (Å²) < 4.78 is 4.65. The van der Waals surface area contributed by atoms with E-state index < -0.39 is 11.9 Å². The number of nitrogens with two attached hydrogens (primary N) is 1. The Balaban J connectivity index is 0. The standard InChI is InChI=1S/C7H12O3.C4H7NO/c1-6(2)7(9)10-5-3-4-8;1-3(2)4(5)6/h8H,1,3-5H2,2H3;1H2,2H3,(H2,5,6). The van der Waals surface area contributed by atoms with Crippen LogP contribution in [-0.2, 0) is 14.3 Å². The number of carbonyl (C=O) groups excluding carboxylic acids is 2. The summed E-state index contributed by atoms with van der Waals surface area (Å²) in [6.45, 7) is 10.1. The Morgan fingerprint density at radius 3 is 1.94 bits per heavy atom. The van der Waals surface area contributed by atoms with Gasteiger partial charge in [-0.3, -0.25) is 4.79 Å². The van der Waals surface area contributed by atoms with Crippen molar-refractivity contribution < 1.29 is 19.4 Å². The number of rotatable bonds is 5. The molecular weight excluding hydrogens is 210 g/mol. The third kappa shape index (κ3) is 12.4. The van der Waals surface area contributed by atoms with E-state index in [9.17, 15) is 9.59 Å². The van der Waals surface area contributed by atoms with E-state index in [4.69, 9.17) is 10.8 Å². The van der Waals surface area contributed by atoms with Crippen LogP contribution in [0.15, 0.2) is 24.3 Å². The number of ether oxygens (including phenoxy) is 1. The highest BCUT2D eigenvalue weighted by atomic mass is 16.5. The fraction of sp³-hybridized carbons (Fsp3) is 0.455. The van der Waals surface area contributed by atoms with Gasteiger partial charge in [-0.1, -0.05) is 13.2 Å². The Kier molecular flexibility index (Phi) is 10.4. The van der Waals surface area contributed by atoms with E-state index in [-0.39, 0.29) is 13.2 Å². The number of aliphatic hydroxyl groups is 1. The summed E-state index contributed by atoms with van der Waals surface area (Å²) in [4.78, 5) is 20.4. The quantitative estimate of drug-likeness (QED) is 0.409. The first-order valence-corrected chi connectivity index (χ1v) is 4.71. The van der Waals surface area contributed by atoms with Crippen LogP contribution in [-0.4, -0.2) is 30.2 Å². The minimum atomic E-state index is -0.435. The van der Waals surface area contributed by atoms with Crippen LogP contribution in [0.5, 0.6) is 0 Å². The van der Waals surface area contributed by atoms with E-state index in [1.807, 2.05) is 0 Å². The summed E-state index contributed by atoms with van der Waals surface area (Å²) in [5.74, 6) is -0.830. The van der Waals surface area contributed by atoms with Gasteiger partial charge in [-0.15, -0.1) is 0 Å². The maximum absolute atomic E-state index is 10.6. The lowest BCUT2D eigenvalue weighted by atomic mass is 10.3. The molecule has 0 unspecified atom stereocenters. The molecule has 0 saturated carbocycles. The molecule has 3 N–H and O–H groups in total. The minimum absolute atomic E-state index is 0.0451. The molecule has 0 aliphatic heterocycles. The van der Waals surface area contributed by atoms with Crippen LogP contribution >= 0.6 is 0 Å². The second-order valence-corrected chi connectivity index (χ2v) is 3.14. The summed E-state index contributed by atoms with van der Waals surface area (Å²) in [7, 11) is 0. The second-order valence-electron chi connectivity index (χ2n) is 3.14. The van der Waals surface area contributed by atoms with Gasteiger partial charge in [0.15, 0.2) is 0 Å². The largest absolute Gasteiger partial charge is 0.462 e. The van der Waals surface area contributed by atoms with Gasteiger partial charge in [-0.25, -0.2) is 4.79 Å². The molecule has 0 aromatic carbocycles. The molecule has 0 rings (SSSR count). The highest BCUT2D eigenvalue weighted by Gasteiger charge is 2.00. The monoisotopic (exact) mass is 229 g/mol. The molecule has 0 bridgehead atoms. The molecule has 0 aliphatic carbocycles. The summed E-state index contributed by atoms with van der Waals surface area (Å²) in [5, 5.41) is 8.30. The predicted octanol–water partition coefficient (Wildman–Crippen LogP) is 0.536. The van der Waals surface area contributed by atoms with Crippen LogP contribution in [0.3, 0.4) is 0 Å². The molecule has 0 spiro atoms. The highest BCUT2D eigenvalue weighted by molar-refractivity contribution is 5.90. The maximum atomic E-state index is 10.6. The lowest BCUT2D eigenvalue weighted by Gasteiger charge is -2.00. The summed E-state index contributed by atoms with van der Waals surface area (Å²) >= 11 is 0. The van der Waals surface area contributed by atoms with Crippen molar-refractivity contribution in [3.63, 3.8) is 0 Å². The normalized spacial score (nSPS) is 8.44. The first kappa shape index (κ1) is 16.8. The number of esters is 1. The second kappa shape index (κ2) is 9.92. The lowest BCUT2D eigenvalue weighted by Crippen LogP contribution is -2.10. The summed E-state index contributed by atoms with van der Waals surface area (Å²) in [6.07, 6.45) is 0.485. The number of primary amides is 1. The molecule has 0 aromatic rings. The zero-order chi connectivity index (χ0) is 13.1. The molecule has 92 valence electrons. The van der Waals surface area contributed by atoms with Crippen molar-refractivity contribution in [2.24, 2.45) is 5.73 Å². The van der Waals surface area contributed by atoms with Gasteiger partial charge in [-0.05, 0) is 13.8 Å². The Morgan fingerprint density at radius 1 is 1.25 bits per heavy atom. The van der Waals surface area contributed by atoms with E-state index in [2.05, 4.69) is 17.9 Å². The van der Waals surface area contributed by atoms with Crippen molar-refractivity contribution in [2.45, 2.75) is 20.3 Å². The average Bonchev–Trinajstić information content (AvgIpc) is 2.18. The van der Waals surface area contributed by atoms with Crippen molar-refractivity contribution in [3.8, 4) is 0 Å². The van der Waals surface area contributed by atoms with Gasteiger partial charge in [0.05, 0.1) is 6.61 Å². The molecule has 0 radical (unpaired) electrons. The fourth-order valence-electron chi connectivity index (χ4n) is 0.353. The Labute approximate surface area is 95.6 Å². The third-order valence-corrected chi connectivity index (χ3v) is 1.30. The van der Waals surface area contributed by atoms with Crippen LogP contribution in [0.2, 0.25) is 0 Å². The molecule has 0 aromatic heterocycles. The fourth-order valence-corrected chi connectivity index (χ4v) is 0.353. The lowest BCUT2D eigenvalue weighted by molar-refractivity contribution is -0.139. The zero-order valence-corrected chi connectivity index (χ0v) is 9.78. The van der Waals surface area contributed by atoms with Crippen molar-refractivity contribution in [3.05, 3.63) is 24.3 Å². The van der Waals surface area contributed by atoms with Crippen molar-refractivity contribution in [1.29, 1.82) is 0 Å². The molecule has 0 atom stereocenters. The van der Waals surface area contributed by atoms with Crippen LogP contribution in [0, 0.1) is 0 Å². The van der Waals surface area contributed by atoms with E-state index in [0.717, 1.165) is 0 Å². The zero-order valence-electron chi connectivity index (χ0n) is 9.78. The number of aliphatic hydroxyl groups excluding tert-OH is 1. The third-order valence-electron chi connectivity index (χ3n) is 1.30. The van der Waals surface area contributed by atoms with E-state index in [1.54, 1.807) is 13.8 Å². The Bertz CT molecular complexity index is 259. The van der Waals surface area contributed by atoms with E-state index in [1.165, 1.54) is 0 Å². The molecule has 5 nitrogen and oxygen atoms in total. The van der Waals surface area contributed by atoms with Gasteiger partial charge in [-0.2, -0.15) is 0 Å². The minimum Gasteiger partial charge on any atom is -0.462 e. The van der Waals surface area contributed by atoms with Crippen molar-refractivity contribution in [1.82, 2.24) is 0 Å². The van der Waals surface area contributed by atoms with Gasteiger partial charge in [0.2, 0.25) is 5.91 Å². The molecular formula is C11H19NO4. The number of carbonyl (C=O) groups is 2. The molecule has 1 amide bonds. The number of hydrogen-bond donors (Lipinski definition) is 2. The number of amides is 1. The molecule has 5 heteroatoms. The van der Waals surface area contributed by atoms with Gasteiger partial charge in [0.1, 0.15) is 0 Å². The first-order chi connectivity index (χ1) is 7.32. The van der Waals surface area contributed by atoms with E-state index in [0.29, 0.717) is 17.6 Å². The first-order valence-electron chi connectivity index (χ1n) is 4.71.